The van der Waals surface area contributed by atoms with E-state index in [2.05, 4.69) is 97.3 Å². The predicted octanol–water partition coefficient (Wildman–Crippen LogP) is 11.2. The Bertz CT molecular complexity index is 1390. The number of benzene rings is 4. The van der Waals surface area contributed by atoms with Gasteiger partial charge in [0.2, 0.25) is 0 Å². The molecular weight excluding hydrogens is 422 g/mol. The summed E-state index contributed by atoms with van der Waals surface area (Å²) in [6.45, 7) is 20.4. The zero-order chi connectivity index (χ0) is 26.1. The van der Waals surface area contributed by atoms with Crippen LogP contribution in [0.25, 0.3) is 49.7 Å². The average Bonchev–Trinajstić information content (AvgIpc) is 3.20. The maximum absolute atomic E-state index is 2.47. The van der Waals surface area contributed by atoms with Crippen molar-refractivity contribution in [2.75, 3.05) is 0 Å². The number of aromatic nitrogens is 1. The molecule has 0 radical (unpaired) electrons. The van der Waals surface area contributed by atoms with Gasteiger partial charge in [0.1, 0.15) is 0 Å². The van der Waals surface area contributed by atoms with E-state index in [4.69, 9.17) is 0 Å². The van der Waals surface area contributed by atoms with Crippen LogP contribution in [-0.2, 0) is 0 Å². The Morgan fingerprint density at radius 2 is 1.00 bits per heavy atom. The summed E-state index contributed by atoms with van der Waals surface area (Å²) >= 11 is 0. The molecule has 5 aromatic rings. The SMILES string of the molecule is CC.CC.CC.CC.Cc1ccc2c(c1)-c1ccccc1-c1cc(C)cc3c4ccccc4n-2c13. The van der Waals surface area contributed by atoms with Gasteiger partial charge in [-0.2, -0.15) is 0 Å². The van der Waals surface area contributed by atoms with Crippen molar-refractivity contribution in [3.8, 4) is 27.9 Å². The van der Waals surface area contributed by atoms with Gasteiger partial charge in [0.15, 0.2) is 0 Å². The molecular formula is C34H43N. The Balaban J connectivity index is 0.000000495. The Morgan fingerprint density at radius 1 is 0.457 bits per heavy atom. The van der Waals surface area contributed by atoms with E-state index in [1.165, 1.54) is 60.9 Å². The quantitative estimate of drug-likeness (QED) is 0.210. The minimum absolute atomic E-state index is 1.27. The lowest BCUT2D eigenvalue weighted by Crippen LogP contribution is -1.96. The minimum Gasteiger partial charge on any atom is -0.308 e. The van der Waals surface area contributed by atoms with Gasteiger partial charge in [-0.15, -0.1) is 0 Å². The lowest BCUT2D eigenvalue weighted by molar-refractivity contribution is 1.18. The van der Waals surface area contributed by atoms with E-state index in [0.29, 0.717) is 0 Å². The van der Waals surface area contributed by atoms with Crippen LogP contribution in [-0.4, -0.2) is 4.57 Å². The van der Waals surface area contributed by atoms with Crippen molar-refractivity contribution >= 4 is 21.8 Å². The van der Waals surface area contributed by atoms with Crippen LogP contribution in [0.4, 0.5) is 0 Å². The number of nitrogens with zero attached hydrogens (tertiary/aromatic N) is 1. The van der Waals surface area contributed by atoms with E-state index in [-0.39, 0.29) is 0 Å². The number of rotatable bonds is 0. The molecule has 4 aromatic carbocycles. The normalized spacial score (nSPS) is 10.0. The number of fused-ring (bicyclic) bond motifs is 8. The first-order chi connectivity index (χ1) is 17.2. The summed E-state index contributed by atoms with van der Waals surface area (Å²) in [4.78, 5) is 0. The molecule has 1 aliphatic rings. The van der Waals surface area contributed by atoms with Crippen molar-refractivity contribution in [1.29, 1.82) is 0 Å². The third-order valence-corrected chi connectivity index (χ3v) is 5.81. The Hall–Kier alpha value is -3.32. The van der Waals surface area contributed by atoms with E-state index in [9.17, 15) is 0 Å². The lowest BCUT2D eigenvalue weighted by atomic mass is 9.92. The fourth-order valence-corrected chi connectivity index (χ4v) is 4.71. The first kappa shape index (κ1) is 27.9. The molecule has 1 nitrogen and oxygen atoms in total. The second-order valence-electron chi connectivity index (χ2n) is 7.63. The topological polar surface area (TPSA) is 4.93 Å². The van der Waals surface area contributed by atoms with Crippen LogP contribution in [0.1, 0.15) is 66.5 Å². The van der Waals surface area contributed by atoms with Crippen LogP contribution in [0, 0.1) is 13.8 Å². The van der Waals surface area contributed by atoms with E-state index < -0.39 is 0 Å². The standard InChI is InChI=1S/C26H19N.4C2H6/c1-16-11-12-25-21(13-16)18-7-3-4-8-19(18)22-14-17(2)15-23-20-9-5-6-10-24(20)27(25)26(22)23;4*1-2/h3-15H,1-2H3;4*1-2H3. The maximum Gasteiger partial charge on any atom is 0.0620 e. The van der Waals surface area contributed by atoms with Gasteiger partial charge in [-0.1, -0.05) is 109 Å². The fourth-order valence-electron chi connectivity index (χ4n) is 4.71. The highest BCUT2D eigenvalue weighted by molar-refractivity contribution is 6.16. The second-order valence-corrected chi connectivity index (χ2v) is 7.63. The lowest BCUT2D eigenvalue weighted by Gasteiger charge is -2.13. The average molecular weight is 466 g/mol. The Labute approximate surface area is 213 Å². The maximum atomic E-state index is 2.47. The molecule has 0 spiro atoms. The second kappa shape index (κ2) is 13.0. The predicted molar refractivity (Wildman–Crippen MR) is 160 cm³/mol. The van der Waals surface area contributed by atoms with Crippen LogP contribution in [0.15, 0.2) is 78.9 Å². The smallest absolute Gasteiger partial charge is 0.0620 e. The van der Waals surface area contributed by atoms with Crippen LogP contribution < -0.4 is 0 Å². The monoisotopic (exact) mass is 465 g/mol. The molecule has 0 saturated heterocycles. The first-order valence-electron chi connectivity index (χ1n) is 13.5. The van der Waals surface area contributed by atoms with Gasteiger partial charge in [-0.05, 0) is 60.9 Å². The summed E-state index contributed by atoms with van der Waals surface area (Å²) in [7, 11) is 0. The molecule has 0 aliphatic carbocycles. The molecule has 0 amide bonds. The summed E-state index contributed by atoms with van der Waals surface area (Å²) < 4.78 is 2.47. The number of hydrogen-bond acceptors (Lipinski definition) is 0. The Kier molecular flexibility index (Phi) is 10.3. The highest BCUT2D eigenvalue weighted by atomic mass is 15.0. The molecule has 0 saturated carbocycles. The molecule has 0 atom stereocenters. The van der Waals surface area contributed by atoms with E-state index in [0.717, 1.165) is 0 Å². The third kappa shape index (κ3) is 4.91. The minimum atomic E-state index is 1.27. The molecule has 0 unspecified atom stereocenters. The van der Waals surface area contributed by atoms with Crippen molar-refractivity contribution in [3.05, 3.63) is 90.0 Å². The van der Waals surface area contributed by atoms with Crippen molar-refractivity contribution < 1.29 is 0 Å². The van der Waals surface area contributed by atoms with Gasteiger partial charge in [0, 0.05) is 21.9 Å². The molecule has 2 heterocycles. The number of hydrogen-bond donors (Lipinski definition) is 0. The number of para-hydroxylation sites is 1. The summed E-state index contributed by atoms with van der Waals surface area (Å²) in [5.74, 6) is 0. The Morgan fingerprint density at radius 3 is 1.66 bits per heavy atom. The van der Waals surface area contributed by atoms with Crippen molar-refractivity contribution in [2.24, 2.45) is 0 Å². The highest BCUT2D eigenvalue weighted by Gasteiger charge is 2.24. The van der Waals surface area contributed by atoms with Gasteiger partial charge >= 0.3 is 0 Å². The molecule has 6 rings (SSSR count). The van der Waals surface area contributed by atoms with E-state index >= 15 is 0 Å². The van der Waals surface area contributed by atoms with Gasteiger partial charge in [0.25, 0.3) is 0 Å². The van der Waals surface area contributed by atoms with Crippen molar-refractivity contribution in [1.82, 2.24) is 4.57 Å². The third-order valence-electron chi connectivity index (χ3n) is 5.81. The molecule has 1 heteroatoms. The summed E-state index contributed by atoms with van der Waals surface area (Å²) in [6, 6.07) is 29.1. The number of aryl methyl sites for hydroxylation is 2. The molecule has 0 fully saturated rings. The zero-order valence-corrected chi connectivity index (χ0v) is 23.5. The van der Waals surface area contributed by atoms with Crippen LogP contribution in [0.5, 0.6) is 0 Å². The summed E-state index contributed by atoms with van der Waals surface area (Å²) in [5, 5.41) is 2.66. The summed E-state index contributed by atoms with van der Waals surface area (Å²) in [5.41, 5.74) is 11.7. The van der Waals surface area contributed by atoms with Gasteiger partial charge in [-0.25, -0.2) is 0 Å². The molecule has 1 aromatic heterocycles. The van der Waals surface area contributed by atoms with Crippen molar-refractivity contribution in [2.45, 2.75) is 69.2 Å². The zero-order valence-electron chi connectivity index (χ0n) is 23.5. The van der Waals surface area contributed by atoms with Gasteiger partial charge in [0.05, 0.1) is 16.7 Å². The summed E-state index contributed by atoms with van der Waals surface area (Å²) in [6.07, 6.45) is 0. The van der Waals surface area contributed by atoms with E-state index in [1.54, 1.807) is 0 Å². The largest absolute Gasteiger partial charge is 0.308 e. The van der Waals surface area contributed by atoms with Gasteiger partial charge in [-0.3, -0.25) is 0 Å². The molecule has 1 aliphatic heterocycles. The molecule has 184 valence electrons. The fraction of sp³-hybridized carbons (Fsp3) is 0.294. The first-order valence-corrected chi connectivity index (χ1v) is 13.5. The van der Waals surface area contributed by atoms with Gasteiger partial charge < -0.3 is 4.57 Å². The molecule has 35 heavy (non-hydrogen) atoms. The van der Waals surface area contributed by atoms with E-state index in [1.807, 2.05) is 55.4 Å². The van der Waals surface area contributed by atoms with Crippen LogP contribution in [0.2, 0.25) is 0 Å². The highest BCUT2D eigenvalue weighted by Crippen LogP contribution is 2.46. The van der Waals surface area contributed by atoms with Crippen LogP contribution >= 0.6 is 0 Å². The van der Waals surface area contributed by atoms with Crippen LogP contribution in [0.3, 0.4) is 0 Å². The van der Waals surface area contributed by atoms with Crippen molar-refractivity contribution in [3.63, 3.8) is 0 Å². The molecule has 0 N–H and O–H groups in total. The molecule has 0 bridgehead atoms.